The van der Waals surface area contributed by atoms with E-state index in [1.54, 1.807) is 0 Å². The first-order valence-corrected chi connectivity index (χ1v) is 8.99. The quantitative estimate of drug-likeness (QED) is 0.476. The van der Waals surface area contributed by atoms with Crippen molar-refractivity contribution >= 4 is 10.8 Å². The molecule has 0 saturated heterocycles. The Balaban J connectivity index is 1.45. The fourth-order valence-electron chi connectivity index (χ4n) is 3.28. The van der Waals surface area contributed by atoms with Crippen molar-refractivity contribution in [2.75, 3.05) is 0 Å². The highest BCUT2D eigenvalue weighted by Gasteiger charge is 2.08. The summed E-state index contributed by atoms with van der Waals surface area (Å²) in [5.74, 6) is 1.32. The monoisotopic (exact) mass is 367 g/mol. The summed E-state index contributed by atoms with van der Waals surface area (Å²) in [5.41, 5.74) is 4.49. The Morgan fingerprint density at radius 1 is 0.786 bits per heavy atom. The van der Waals surface area contributed by atoms with Gasteiger partial charge in [0, 0.05) is 16.8 Å². The second-order valence-corrected chi connectivity index (χ2v) is 6.46. The summed E-state index contributed by atoms with van der Waals surface area (Å²) < 4.78 is 5.88. The molecule has 3 aromatic carbocycles. The van der Waals surface area contributed by atoms with Gasteiger partial charge in [0.2, 0.25) is 5.82 Å². The van der Waals surface area contributed by atoms with Crippen LogP contribution in [-0.4, -0.2) is 25.6 Å². The first-order valence-electron chi connectivity index (χ1n) is 8.99. The molecule has 0 unspecified atom stereocenters. The van der Waals surface area contributed by atoms with Crippen LogP contribution in [0, 0.1) is 0 Å². The van der Waals surface area contributed by atoms with E-state index < -0.39 is 0 Å². The number of rotatable bonds is 5. The molecule has 136 valence electrons. The van der Waals surface area contributed by atoms with Crippen molar-refractivity contribution in [3.8, 4) is 28.3 Å². The summed E-state index contributed by atoms with van der Waals surface area (Å²) in [7, 11) is 0. The SMILES string of the molecule is c1ccc(-c2ccc(-c3ccc4c(OCc5nn[nH]n5)cccc4c3)[nH]2)cc1. The van der Waals surface area contributed by atoms with E-state index in [4.69, 9.17) is 4.74 Å². The lowest BCUT2D eigenvalue weighted by molar-refractivity contribution is 0.299. The van der Waals surface area contributed by atoms with Crippen LogP contribution in [0.15, 0.2) is 78.9 Å². The van der Waals surface area contributed by atoms with Crippen molar-refractivity contribution in [2.24, 2.45) is 0 Å². The number of benzene rings is 3. The van der Waals surface area contributed by atoms with Crippen LogP contribution in [0.3, 0.4) is 0 Å². The van der Waals surface area contributed by atoms with E-state index in [-0.39, 0.29) is 6.61 Å². The molecule has 0 fully saturated rings. The largest absolute Gasteiger partial charge is 0.485 e. The van der Waals surface area contributed by atoms with E-state index in [1.165, 1.54) is 5.56 Å². The number of nitrogens with zero attached hydrogens (tertiary/aromatic N) is 3. The summed E-state index contributed by atoms with van der Waals surface area (Å²) in [6.45, 7) is 0.272. The second-order valence-electron chi connectivity index (χ2n) is 6.46. The van der Waals surface area contributed by atoms with E-state index in [9.17, 15) is 0 Å². The third-order valence-electron chi connectivity index (χ3n) is 4.67. The number of fused-ring (bicyclic) bond motifs is 1. The zero-order valence-electron chi connectivity index (χ0n) is 15.0. The molecular weight excluding hydrogens is 350 g/mol. The second kappa shape index (κ2) is 7.00. The van der Waals surface area contributed by atoms with E-state index in [1.807, 2.05) is 30.3 Å². The van der Waals surface area contributed by atoms with Crippen molar-refractivity contribution < 1.29 is 4.74 Å². The van der Waals surface area contributed by atoms with Gasteiger partial charge < -0.3 is 9.72 Å². The van der Waals surface area contributed by atoms with Gasteiger partial charge in [-0.05, 0) is 46.8 Å². The average Bonchev–Trinajstić information content (AvgIpc) is 3.45. The highest BCUT2D eigenvalue weighted by molar-refractivity contribution is 5.91. The van der Waals surface area contributed by atoms with Crippen LogP contribution in [0.2, 0.25) is 0 Å². The maximum absolute atomic E-state index is 5.88. The lowest BCUT2D eigenvalue weighted by atomic mass is 10.0. The predicted molar refractivity (Wildman–Crippen MR) is 108 cm³/mol. The van der Waals surface area contributed by atoms with Gasteiger partial charge in [-0.2, -0.15) is 5.21 Å². The van der Waals surface area contributed by atoms with E-state index >= 15 is 0 Å². The summed E-state index contributed by atoms with van der Waals surface area (Å²) in [5, 5.41) is 16.0. The summed E-state index contributed by atoms with van der Waals surface area (Å²) in [4.78, 5) is 3.51. The molecule has 0 aliphatic heterocycles. The lowest BCUT2D eigenvalue weighted by Gasteiger charge is -2.09. The van der Waals surface area contributed by atoms with Crippen molar-refractivity contribution in [1.82, 2.24) is 25.6 Å². The average molecular weight is 367 g/mol. The fourth-order valence-corrected chi connectivity index (χ4v) is 3.28. The Morgan fingerprint density at radius 2 is 1.64 bits per heavy atom. The molecule has 0 spiro atoms. The van der Waals surface area contributed by atoms with Crippen LogP contribution in [0.5, 0.6) is 5.75 Å². The smallest absolute Gasteiger partial charge is 0.211 e. The molecule has 0 radical (unpaired) electrons. The third-order valence-corrected chi connectivity index (χ3v) is 4.67. The highest BCUT2D eigenvalue weighted by atomic mass is 16.5. The molecule has 6 heteroatoms. The lowest BCUT2D eigenvalue weighted by Crippen LogP contribution is -1.98. The summed E-state index contributed by atoms with van der Waals surface area (Å²) >= 11 is 0. The van der Waals surface area contributed by atoms with Gasteiger partial charge in [-0.15, -0.1) is 10.2 Å². The first kappa shape index (κ1) is 16.3. The predicted octanol–water partition coefficient (Wildman–Crippen LogP) is 4.59. The van der Waals surface area contributed by atoms with Crippen LogP contribution in [0.4, 0.5) is 0 Å². The van der Waals surface area contributed by atoms with Crippen molar-refractivity contribution in [1.29, 1.82) is 0 Å². The molecule has 28 heavy (non-hydrogen) atoms. The molecule has 0 atom stereocenters. The molecule has 0 saturated carbocycles. The number of H-pyrrole nitrogens is 2. The highest BCUT2D eigenvalue weighted by Crippen LogP contribution is 2.31. The van der Waals surface area contributed by atoms with Gasteiger partial charge in [0.15, 0.2) is 6.61 Å². The molecule has 0 amide bonds. The van der Waals surface area contributed by atoms with E-state index in [0.29, 0.717) is 5.82 Å². The van der Waals surface area contributed by atoms with Crippen LogP contribution >= 0.6 is 0 Å². The maximum Gasteiger partial charge on any atom is 0.211 e. The molecule has 0 bridgehead atoms. The van der Waals surface area contributed by atoms with Gasteiger partial charge in [0.05, 0.1) is 0 Å². The molecule has 2 aromatic heterocycles. The first-order chi connectivity index (χ1) is 13.9. The standard InChI is InChI=1S/C22H17N5O/c1-2-5-15(6-3-1)19-11-12-20(23-19)17-9-10-18-16(13-17)7-4-8-21(18)28-14-22-24-26-27-25-22/h1-13,23H,14H2,(H,24,25,26,27). The number of ether oxygens (including phenoxy) is 1. The molecule has 5 rings (SSSR count). The number of nitrogens with one attached hydrogen (secondary N) is 2. The Kier molecular flexibility index (Phi) is 4.06. The van der Waals surface area contributed by atoms with Crippen molar-refractivity contribution in [2.45, 2.75) is 6.61 Å². The van der Waals surface area contributed by atoms with Gasteiger partial charge in [-0.1, -0.05) is 53.7 Å². The van der Waals surface area contributed by atoms with Gasteiger partial charge in [-0.25, -0.2) is 0 Å². The van der Waals surface area contributed by atoms with Gasteiger partial charge >= 0.3 is 0 Å². The van der Waals surface area contributed by atoms with Gasteiger partial charge in [-0.3, -0.25) is 0 Å². The minimum atomic E-state index is 0.272. The molecule has 6 nitrogen and oxygen atoms in total. The number of hydrogen-bond acceptors (Lipinski definition) is 4. The summed E-state index contributed by atoms with van der Waals surface area (Å²) in [6.07, 6.45) is 0. The molecular formula is C22H17N5O. The molecule has 2 heterocycles. The molecule has 0 aliphatic rings. The molecule has 2 N–H and O–H groups in total. The number of aromatic nitrogens is 5. The van der Waals surface area contributed by atoms with Gasteiger partial charge in [0.25, 0.3) is 0 Å². The van der Waals surface area contributed by atoms with Crippen LogP contribution in [0.1, 0.15) is 5.82 Å². The van der Waals surface area contributed by atoms with Crippen LogP contribution in [0.25, 0.3) is 33.3 Å². The zero-order valence-corrected chi connectivity index (χ0v) is 15.0. The van der Waals surface area contributed by atoms with E-state index in [2.05, 4.69) is 74.1 Å². The fraction of sp³-hybridized carbons (Fsp3) is 0.0455. The topological polar surface area (TPSA) is 79.5 Å². The number of hydrogen-bond donors (Lipinski definition) is 2. The molecule has 0 aliphatic carbocycles. The number of tetrazole rings is 1. The third kappa shape index (κ3) is 3.12. The Bertz CT molecular complexity index is 1210. The van der Waals surface area contributed by atoms with Gasteiger partial charge in [0.1, 0.15) is 5.75 Å². The minimum Gasteiger partial charge on any atom is -0.485 e. The maximum atomic E-state index is 5.88. The normalized spacial score (nSPS) is 11.0. The Hall–Kier alpha value is -3.93. The Morgan fingerprint density at radius 3 is 2.46 bits per heavy atom. The van der Waals surface area contributed by atoms with Crippen molar-refractivity contribution in [3.05, 3.63) is 84.7 Å². The minimum absolute atomic E-state index is 0.272. The Labute approximate surface area is 161 Å². The zero-order chi connectivity index (χ0) is 18.8. The van der Waals surface area contributed by atoms with Crippen LogP contribution < -0.4 is 4.74 Å². The van der Waals surface area contributed by atoms with Crippen molar-refractivity contribution in [3.63, 3.8) is 0 Å². The van der Waals surface area contributed by atoms with E-state index in [0.717, 1.165) is 33.5 Å². The number of aromatic amines is 2. The summed E-state index contributed by atoms with van der Waals surface area (Å²) in [6, 6.07) is 26.9. The molecule has 5 aromatic rings. The van der Waals surface area contributed by atoms with Crippen LogP contribution in [-0.2, 0) is 6.61 Å².